The van der Waals surface area contributed by atoms with Crippen LogP contribution in [0.25, 0.3) is 21.3 Å². The minimum Gasteiger partial charge on any atom is -0.324 e. The lowest BCUT2D eigenvalue weighted by atomic mass is 9.92. The van der Waals surface area contributed by atoms with Crippen molar-refractivity contribution >= 4 is 33.1 Å². The van der Waals surface area contributed by atoms with E-state index < -0.39 is 0 Å². The summed E-state index contributed by atoms with van der Waals surface area (Å²) in [4.78, 5) is 31.6. The number of nitrogens with one attached hydrogen (secondary N) is 1. The van der Waals surface area contributed by atoms with E-state index in [9.17, 15) is 9.59 Å². The molecule has 2 heterocycles. The first-order valence-electron chi connectivity index (χ1n) is 11.8. The minimum atomic E-state index is -0.234. The van der Waals surface area contributed by atoms with Crippen molar-refractivity contribution in [1.29, 1.82) is 0 Å². The van der Waals surface area contributed by atoms with Crippen LogP contribution in [-0.4, -0.2) is 15.5 Å². The van der Waals surface area contributed by atoms with Gasteiger partial charge in [-0.15, -0.1) is 11.3 Å². The number of aromatic nitrogens is 2. The highest BCUT2D eigenvalue weighted by Crippen LogP contribution is 2.33. The molecule has 0 saturated heterocycles. The Morgan fingerprint density at radius 1 is 1.03 bits per heavy atom. The minimum absolute atomic E-state index is 0.0875. The van der Waals surface area contributed by atoms with Crippen LogP contribution in [0.5, 0.6) is 0 Å². The molecule has 4 rings (SSSR count). The van der Waals surface area contributed by atoms with Gasteiger partial charge >= 0.3 is 0 Å². The first-order chi connectivity index (χ1) is 16.3. The zero-order chi connectivity index (χ0) is 24.4. The van der Waals surface area contributed by atoms with Gasteiger partial charge in [0.25, 0.3) is 5.56 Å². The number of aryl methyl sites for hydroxylation is 1. The smallest absolute Gasteiger partial charge is 0.263 e. The van der Waals surface area contributed by atoms with Crippen LogP contribution in [0, 0.1) is 0 Å². The highest BCUT2D eigenvalue weighted by atomic mass is 32.1. The molecule has 0 spiro atoms. The molecule has 0 aliphatic carbocycles. The van der Waals surface area contributed by atoms with Crippen LogP contribution in [0.4, 0.5) is 5.69 Å². The summed E-state index contributed by atoms with van der Waals surface area (Å²) >= 11 is 1.45. The number of hydrogen-bond donors (Lipinski definition) is 1. The summed E-state index contributed by atoms with van der Waals surface area (Å²) in [6.45, 7) is 10.5. The van der Waals surface area contributed by atoms with E-state index in [0.29, 0.717) is 10.2 Å². The van der Waals surface area contributed by atoms with Crippen molar-refractivity contribution in [3.8, 4) is 11.1 Å². The van der Waals surface area contributed by atoms with E-state index >= 15 is 0 Å². The quantitative estimate of drug-likeness (QED) is 0.330. The van der Waals surface area contributed by atoms with E-state index in [2.05, 4.69) is 57.1 Å². The van der Waals surface area contributed by atoms with E-state index in [0.717, 1.165) is 34.4 Å². The second-order valence-corrected chi connectivity index (χ2v) is 10.1. The lowest BCUT2D eigenvalue weighted by Gasteiger charge is -2.20. The van der Waals surface area contributed by atoms with Crippen LogP contribution in [0.15, 0.2) is 59.0 Å². The molecule has 6 heteroatoms. The third kappa shape index (κ3) is 4.68. The summed E-state index contributed by atoms with van der Waals surface area (Å²) in [6, 6.07) is 14.4. The number of rotatable bonds is 7. The number of hydrogen-bond acceptors (Lipinski definition) is 4. The van der Waals surface area contributed by atoms with Crippen molar-refractivity contribution in [3.05, 3.63) is 81.2 Å². The Labute approximate surface area is 204 Å². The monoisotopic (exact) mass is 473 g/mol. The van der Waals surface area contributed by atoms with Crippen LogP contribution >= 0.6 is 11.3 Å². The maximum Gasteiger partial charge on any atom is 0.263 e. The number of carbonyl (C=O) groups is 1. The molecule has 2 aromatic heterocycles. The van der Waals surface area contributed by atoms with Gasteiger partial charge in [-0.2, -0.15) is 0 Å². The number of amides is 1. The highest BCUT2D eigenvalue weighted by molar-refractivity contribution is 7.17. The zero-order valence-corrected chi connectivity index (χ0v) is 21.2. The van der Waals surface area contributed by atoms with Crippen LogP contribution in [-0.2, 0) is 17.8 Å². The van der Waals surface area contributed by atoms with E-state index in [1.165, 1.54) is 27.8 Å². The first-order valence-corrected chi connectivity index (χ1v) is 12.7. The number of anilines is 1. The van der Waals surface area contributed by atoms with Crippen molar-refractivity contribution in [2.75, 3.05) is 5.32 Å². The molecule has 0 fully saturated rings. The highest BCUT2D eigenvalue weighted by Gasteiger charge is 2.18. The Morgan fingerprint density at radius 2 is 1.68 bits per heavy atom. The predicted molar refractivity (Wildman–Crippen MR) is 142 cm³/mol. The molecule has 4 aromatic rings. The third-order valence-electron chi connectivity index (χ3n) is 6.19. The molecule has 0 unspecified atom stereocenters. The molecule has 176 valence electrons. The molecule has 0 saturated carbocycles. The van der Waals surface area contributed by atoms with Crippen molar-refractivity contribution in [3.63, 3.8) is 0 Å². The second kappa shape index (κ2) is 9.94. The molecule has 2 aromatic carbocycles. The van der Waals surface area contributed by atoms with Crippen LogP contribution in [0.2, 0.25) is 0 Å². The normalized spacial score (nSPS) is 11.5. The average Bonchev–Trinajstić information content (AvgIpc) is 3.25. The molecule has 0 radical (unpaired) electrons. The maximum absolute atomic E-state index is 13.4. The molecule has 1 N–H and O–H groups in total. The van der Waals surface area contributed by atoms with E-state index in [1.54, 1.807) is 0 Å². The summed E-state index contributed by atoms with van der Waals surface area (Å²) in [5, 5.41) is 5.63. The van der Waals surface area contributed by atoms with Crippen molar-refractivity contribution in [2.24, 2.45) is 0 Å². The summed E-state index contributed by atoms with van der Waals surface area (Å²) < 4.78 is 1.40. The summed E-state index contributed by atoms with van der Waals surface area (Å²) in [7, 11) is 0. The molecule has 5 nitrogen and oxygen atoms in total. The van der Waals surface area contributed by atoms with E-state index in [1.807, 2.05) is 35.7 Å². The number of fused-ring (bicyclic) bond motifs is 1. The molecular weight excluding hydrogens is 442 g/mol. The average molecular weight is 474 g/mol. The standard InChI is InChI=1S/C28H31N3O2S/c1-6-19-10-12-20(13-11-19)23-15-34-27-25(23)28(33)31(16-29-27)14-24(32)30-26-21(17(2)3)8-7-9-22(26)18(4)5/h7-13,15-18H,6,14H2,1-5H3,(H,30,32). The fourth-order valence-corrected chi connectivity index (χ4v) is 5.15. The Hall–Kier alpha value is -3.25. The summed E-state index contributed by atoms with van der Waals surface area (Å²) in [5.41, 5.74) is 5.94. The van der Waals surface area contributed by atoms with Gasteiger partial charge in [0, 0.05) is 16.6 Å². The van der Waals surface area contributed by atoms with Gasteiger partial charge in [-0.1, -0.05) is 77.1 Å². The fraction of sp³-hybridized carbons (Fsp3) is 0.321. The lowest BCUT2D eigenvalue weighted by Crippen LogP contribution is -2.28. The van der Waals surface area contributed by atoms with Crippen LogP contribution in [0.3, 0.4) is 0 Å². The van der Waals surface area contributed by atoms with Gasteiger partial charge < -0.3 is 5.32 Å². The number of benzene rings is 2. The van der Waals surface area contributed by atoms with Crippen molar-refractivity contribution in [2.45, 2.75) is 59.4 Å². The van der Waals surface area contributed by atoms with Gasteiger partial charge in [0.1, 0.15) is 11.4 Å². The first kappa shape index (κ1) is 23.9. The molecule has 0 bridgehead atoms. The van der Waals surface area contributed by atoms with Gasteiger partial charge in [0.15, 0.2) is 0 Å². The molecule has 0 aliphatic heterocycles. The SMILES string of the molecule is CCc1ccc(-c2csc3ncn(CC(=O)Nc4c(C(C)C)cccc4C(C)C)c(=O)c23)cc1. The largest absolute Gasteiger partial charge is 0.324 e. The number of carbonyl (C=O) groups excluding carboxylic acids is 1. The molecule has 0 atom stereocenters. The number of thiophene rings is 1. The van der Waals surface area contributed by atoms with Gasteiger partial charge in [0.05, 0.1) is 11.7 Å². The zero-order valence-electron chi connectivity index (χ0n) is 20.4. The van der Waals surface area contributed by atoms with Gasteiger partial charge in [-0.05, 0) is 40.5 Å². The predicted octanol–water partition coefficient (Wildman–Crippen LogP) is 6.57. The van der Waals surface area contributed by atoms with Crippen LogP contribution < -0.4 is 10.9 Å². The summed E-state index contributed by atoms with van der Waals surface area (Å²) in [5.74, 6) is 0.298. The van der Waals surface area contributed by atoms with E-state index in [4.69, 9.17) is 0 Å². The van der Waals surface area contributed by atoms with Gasteiger partial charge in [-0.3, -0.25) is 14.2 Å². The topological polar surface area (TPSA) is 64.0 Å². The number of para-hydroxylation sites is 1. The van der Waals surface area contributed by atoms with Gasteiger partial charge in [0.2, 0.25) is 5.91 Å². The Morgan fingerprint density at radius 3 is 2.26 bits per heavy atom. The number of nitrogens with zero attached hydrogens (tertiary/aromatic N) is 2. The Balaban J connectivity index is 1.67. The molecule has 1 amide bonds. The maximum atomic E-state index is 13.4. The molecule has 34 heavy (non-hydrogen) atoms. The Kier molecular flexibility index (Phi) is 6.98. The molecule has 0 aliphatic rings. The van der Waals surface area contributed by atoms with Crippen LogP contribution in [0.1, 0.15) is 63.1 Å². The van der Waals surface area contributed by atoms with Crippen molar-refractivity contribution < 1.29 is 4.79 Å². The molecular formula is C28H31N3O2S. The third-order valence-corrected chi connectivity index (χ3v) is 7.07. The second-order valence-electron chi connectivity index (χ2n) is 9.23. The Bertz CT molecular complexity index is 1360. The van der Waals surface area contributed by atoms with Gasteiger partial charge in [-0.25, -0.2) is 4.98 Å². The fourth-order valence-electron chi connectivity index (χ4n) is 4.24. The van der Waals surface area contributed by atoms with Crippen molar-refractivity contribution in [1.82, 2.24) is 9.55 Å². The summed E-state index contributed by atoms with van der Waals surface area (Å²) in [6.07, 6.45) is 2.44. The van der Waals surface area contributed by atoms with E-state index in [-0.39, 0.29) is 29.8 Å². The lowest BCUT2D eigenvalue weighted by molar-refractivity contribution is -0.116.